The van der Waals surface area contributed by atoms with Crippen LogP contribution >= 0.6 is 0 Å². The van der Waals surface area contributed by atoms with Crippen molar-refractivity contribution < 1.29 is 14.5 Å². The molecule has 2 rings (SSSR count). The molecule has 6 nitrogen and oxygen atoms in total. The number of morpholine rings is 1. The molecule has 0 spiro atoms. The van der Waals surface area contributed by atoms with Gasteiger partial charge in [0.1, 0.15) is 12.3 Å². The highest BCUT2D eigenvalue weighted by Gasteiger charge is 2.23. The van der Waals surface area contributed by atoms with E-state index in [-0.39, 0.29) is 11.7 Å². The van der Waals surface area contributed by atoms with E-state index in [4.69, 9.17) is 4.74 Å². The van der Waals surface area contributed by atoms with Crippen LogP contribution in [0, 0.1) is 17.0 Å². The Morgan fingerprint density at radius 1 is 1.56 bits per heavy atom. The number of aryl methyl sites for hydroxylation is 1. The molecule has 1 aliphatic heterocycles. The predicted octanol–water partition coefficient (Wildman–Crippen LogP) is 1.31. The van der Waals surface area contributed by atoms with Crippen molar-refractivity contribution in [2.24, 2.45) is 0 Å². The Labute approximate surface area is 104 Å². The lowest BCUT2D eigenvalue weighted by molar-refractivity contribution is -0.385. The number of carbonyl (C=O) groups excluding carboxylic acids is 1. The van der Waals surface area contributed by atoms with Crippen LogP contribution in [0.25, 0.3) is 0 Å². The van der Waals surface area contributed by atoms with Crippen LogP contribution in [0.1, 0.15) is 5.56 Å². The largest absolute Gasteiger partial charge is 0.377 e. The van der Waals surface area contributed by atoms with E-state index in [0.29, 0.717) is 25.3 Å². The molecule has 1 aromatic rings. The Morgan fingerprint density at radius 2 is 2.33 bits per heavy atom. The number of benzene rings is 1. The highest BCUT2D eigenvalue weighted by atomic mass is 16.6. The van der Waals surface area contributed by atoms with Crippen LogP contribution in [0.15, 0.2) is 18.2 Å². The van der Waals surface area contributed by atoms with Crippen LogP contribution in [0.4, 0.5) is 11.4 Å². The Kier molecular flexibility index (Phi) is 3.57. The third kappa shape index (κ3) is 2.33. The second kappa shape index (κ2) is 5.14. The number of nitro benzene ring substituents is 1. The van der Waals surface area contributed by atoms with Gasteiger partial charge in [-0.3, -0.25) is 10.1 Å². The van der Waals surface area contributed by atoms with Crippen molar-refractivity contribution in [1.82, 2.24) is 0 Å². The second-order valence-corrected chi connectivity index (χ2v) is 4.20. The van der Waals surface area contributed by atoms with Gasteiger partial charge < -0.3 is 14.4 Å². The van der Waals surface area contributed by atoms with Crippen LogP contribution in [0.5, 0.6) is 0 Å². The van der Waals surface area contributed by atoms with Crippen molar-refractivity contribution in [3.63, 3.8) is 0 Å². The summed E-state index contributed by atoms with van der Waals surface area (Å²) >= 11 is 0. The first-order valence-electron chi connectivity index (χ1n) is 5.68. The fourth-order valence-corrected chi connectivity index (χ4v) is 2.08. The Bertz CT molecular complexity index is 475. The smallest absolute Gasteiger partial charge is 0.272 e. The summed E-state index contributed by atoms with van der Waals surface area (Å²) in [5.74, 6) is 0. The van der Waals surface area contributed by atoms with Crippen molar-refractivity contribution in [3.05, 3.63) is 33.9 Å². The lowest BCUT2D eigenvalue weighted by Crippen LogP contribution is -2.46. The summed E-state index contributed by atoms with van der Waals surface area (Å²) in [6, 6.07) is 4.56. The lowest BCUT2D eigenvalue weighted by Gasteiger charge is -2.34. The normalized spacial score (nSPS) is 19.6. The average Bonchev–Trinajstić information content (AvgIpc) is 2.38. The van der Waals surface area contributed by atoms with E-state index >= 15 is 0 Å². The van der Waals surface area contributed by atoms with Gasteiger partial charge in [-0.05, 0) is 19.1 Å². The van der Waals surface area contributed by atoms with Crippen LogP contribution < -0.4 is 4.90 Å². The predicted molar refractivity (Wildman–Crippen MR) is 65.9 cm³/mol. The number of nitrogens with zero attached hydrogens (tertiary/aromatic N) is 2. The highest BCUT2D eigenvalue weighted by molar-refractivity contribution is 5.68. The first-order valence-corrected chi connectivity index (χ1v) is 5.68. The van der Waals surface area contributed by atoms with Gasteiger partial charge in [0, 0.05) is 23.9 Å². The van der Waals surface area contributed by atoms with E-state index in [1.807, 2.05) is 4.90 Å². The molecule has 1 aromatic carbocycles. The number of carbonyl (C=O) groups is 1. The van der Waals surface area contributed by atoms with Gasteiger partial charge in [-0.15, -0.1) is 0 Å². The summed E-state index contributed by atoms with van der Waals surface area (Å²) in [4.78, 5) is 23.2. The monoisotopic (exact) mass is 250 g/mol. The summed E-state index contributed by atoms with van der Waals surface area (Å²) in [6.07, 6.45) is 0.843. The number of anilines is 1. The maximum Gasteiger partial charge on any atom is 0.272 e. The maximum atomic E-state index is 11.0. The van der Waals surface area contributed by atoms with Crippen molar-refractivity contribution >= 4 is 17.7 Å². The number of ether oxygens (including phenoxy) is 1. The van der Waals surface area contributed by atoms with Crippen molar-refractivity contribution in [3.8, 4) is 0 Å². The fourth-order valence-electron chi connectivity index (χ4n) is 2.08. The molecule has 0 aromatic heterocycles. The first kappa shape index (κ1) is 12.5. The van der Waals surface area contributed by atoms with Gasteiger partial charge in [0.2, 0.25) is 0 Å². The molecular formula is C12H14N2O4. The SMILES string of the molecule is Cc1cc(N2CCOCC2C=O)ccc1[N+](=O)[O-]. The van der Waals surface area contributed by atoms with Crippen molar-refractivity contribution in [2.45, 2.75) is 13.0 Å². The van der Waals surface area contributed by atoms with E-state index < -0.39 is 4.92 Å². The third-order valence-corrected chi connectivity index (χ3v) is 3.03. The van der Waals surface area contributed by atoms with E-state index in [1.54, 1.807) is 19.1 Å². The number of hydrogen-bond donors (Lipinski definition) is 0. The molecule has 18 heavy (non-hydrogen) atoms. The molecule has 96 valence electrons. The summed E-state index contributed by atoms with van der Waals surface area (Å²) in [6.45, 7) is 3.22. The molecule has 1 aliphatic rings. The zero-order chi connectivity index (χ0) is 13.1. The minimum Gasteiger partial charge on any atom is -0.377 e. The van der Waals surface area contributed by atoms with E-state index in [2.05, 4.69) is 0 Å². The van der Waals surface area contributed by atoms with Gasteiger partial charge in [0.05, 0.1) is 18.1 Å². The molecule has 6 heteroatoms. The molecule has 0 amide bonds. The zero-order valence-electron chi connectivity index (χ0n) is 10.0. The maximum absolute atomic E-state index is 11.0. The number of rotatable bonds is 3. The molecular weight excluding hydrogens is 236 g/mol. The Hall–Kier alpha value is -1.95. The average molecular weight is 250 g/mol. The minimum atomic E-state index is -0.407. The van der Waals surface area contributed by atoms with E-state index in [0.717, 1.165) is 12.0 Å². The molecule has 0 bridgehead atoms. The zero-order valence-corrected chi connectivity index (χ0v) is 10.0. The highest BCUT2D eigenvalue weighted by Crippen LogP contribution is 2.26. The molecule has 1 heterocycles. The molecule has 1 atom stereocenters. The van der Waals surface area contributed by atoms with Crippen LogP contribution in [0.2, 0.25) is 0 Å². The van der Waals surface area contributed by atoms with Crippen molar-refractivity contribution in [1.29, 1.82) is 0 Å². The van der Waals surface area contributed by atoms with Gasteiger partial charge in [-0.1, -0.05) is 0 Å². The topological polar surface area (TPSA) is 72.7 Å². The van der Waals surface area contributed by atoms with Gasteiger partial charge in [0.25, 0.3) is 5.69 Å². The number of nitro groups is 1. The number of hydrogen-bond acceptors (Lipinski definition) is 5. The summed E-state index contributed by atoms with van der Waals surface area (Å²) in [7, 11) is 0. The summed E-state index contributed by atoms with van der Waals surface area (Å²) in [5, 5.41) is 10.7. The molecule has 1 saturated heterocycles. The van der Waals surface area contributed by atoms with Gasteiger partial charge >= 0.3 is 0 Å². The standard InChI is InChI=1S/C12H14N2O4/c1-9-6-10(2-3-12(9)14(16)17)13-4-5-18-8-11(13)7-15/h2-3,6-7,11H,4-5,8H2,1H3. The van der Waals surface area contributed by atoms with Crippen LogP contribution in [0.3, 0.4) is 0 Å². The lowest BCUT2D eigenvalue weighted by atomic mass is 10.1. The minimum absolute atomic E-state index is 0.0923. The van der Waals surface area contributed by atoms with E-state index in [9.17, 15) is 14.9 Å². The van der Waals surface area contributed by atoms with Crippen molar-refractivity contribution in [2.75, 3.05) is 24.7 Å². The first-order chi connectivity index (χ1) is 8.63. The third-order valence-electron chi connectivity index (χ3n) is 3.03. The molecule has 0 aliphatic carbocycles. The van der Waals surface area contributed by atoms with Crippen LogP contribution in [-0.2, 0) is 9.53 Å². The van der Waals surface area contributed by atoms with Gasteiger partial charge in [-0.25, -0.2) is 0 Å². The Balaban J connectivity index is 2.30. The summed E-state index contributed by atoms with van der Waals surface area (Å²) < 4.78 is 5.24. The van der Waals surface area contributed by atoms with E-state index in [1.165, 1.54) is 6.07 Å². The fraction of sp³-hybridized carbons (Fsp3) is 0.417. The molecule has 0 N–H and O–H groups in total. The molecule has 1 fully saturated rings. The van der Waals surface area contributed by atoms with Gasteiger partial charge in [0.15, 0.2) is 0 Å². The van der Waals surface area contributed by atoms with Crippen LogP contribution in [-0.4, -0.2) is 37.0 Å². The molecule has 0 radical (unpaired) electrons. The second-order valence-electron chi connectivity index (χ2n) is 4.20. The molecule has 1 unspecified atom stereocenters. The molecule has 0 saturated carbocycles. The Morgan fingerprint density at radius 3 is 2.94 bits per heavy atom. The van der Waals surface area contributed by atoms with Gasteiger partial charge in [-0.2, -0.15) is 0 Å². The summed E-state index contributed by atoms with van der Waals surface area (Å²) in [5.41, 5.74) is 1.50. The quantitative estimate of drug-likeness (QED) is 0.459. The number of aldehydes is 1.